The minimum atomic E-state index is -1.60. The molecular formula is C20H14Cl2N2O6. The number of aromatic amines is 1. The summed E-state index contributed by atoms with van der Waals surface area (Å²) in [6.45, 7) is 0.189. The number of pyridine rings is 1. The molecule has 0 saturated heterocycles. The smallest absolute Gasteiger partial charge is 0.342 e. The van der Waals surface area contributed by atoms with Crippen LogP contribution in [-0.2, 0) is 6.61 Å². The minimum Gasteiger partial charge on any atom is -0.487 e. The van der Waals surface area contributed by atoms with Crippen LogP contribution < -0.4 is 16.0 Å². The summed E-state index contributed by atoms with van der Waals surface area (Å²) >= 11 is 12.1. The molecule has 8 nitrogen and oxygen atoms in total. The molecule has 0 saturated carbocycles. The summed E-state index contributed by atoms with van der Waals surface area (Å²) < 4.78 is 5.66. The quantitative estimate of drug-likeness (QED) is 0.447. The summed E-state index contributed by atoms with van der Waals surface area (Å²) in [6.07, 6.45) is 0. The lowest BCUT2D eigenvalue weighted by Gasteiger charge is -2.14. The van der Waals surface area contributed by atoms with Gasteiger partial charge in [-0.3, -0.25) is 4.79 Å². The van der Waals surface area contributed by atoms with Crippen molar-refractivity contribution in [2.24, 2.45) is 0 Å². The third-order valence-corrected chi connectivity index (χ3v) is 4.75. The van der Waals surface area contributed by atoms with Crippen LogP contribution in [0.25, 0.3) is 11.1 Å². The van der Waals surface area contributed by atoms with Crippen molar-refractivity contribution in [3.8, 4) is 16.9 Å². The molecule has 1 heterocycles. The molecule has 0 atom stereocenters. The van der Waals surface area contributed by atoms with E-state index in [1.54, 1.807) is 24.3 Å². The summed E-state index contributed by atoms with van der Waals surface area (Å²) in [5, 5.41) is 19.6. The number of carboxylic acids is 2. The number of carbonyl (C=O) groups is 2. The molecule has 0 fully saturated rings. The van der Waals surface area contributed by atoms with Crippen LogP contribution in [0, 0.1) is 0 Å². The Balaban J connectivity index is 2.04. The number of anilines is 1. The fourth-order valence-corrected chi connectivity index (χ4v) is 3.21. The average Bonchev–Trinajstić information content (AvgIpc) is 2.67. The number of aromatic nitrogens is 1. The molecule has 0 aliphatic rings. The number of hydrogen-bond donors (Lipinski definition) is 4. The van der Waals surface area contributed by atoms with Gasteiger partial charge in [0.1, 0.15) is 29.3 Å². The first-order chi connectivity index (χ1) is 14.2. The first-order valence-electron chi connectivity index (χ1n) is 8.38. The predicted molar refractivity (Wildman–Crippen MR) is 112 cm³/mol. The monoisotopic (exact) mass is 448 g/mol. The van der Waals surface area contributed by atoms with Gasteiger partial charge < -0.3 is 25.7 Å². The Bertz CT molecular complexity index is 1210. The number of benzene rings is 2. The fourth-order valence-electron chi connectivity index (χ4n) is 2.85. The number of nitrogen functional groups attached to an aromatic ring is 1. The molecular weight excluding hydrogens is 435 g/mol. The second-order valence-electron chi connectivity index (χ2n) is 6.16. The second kappa shape index (κ2) is 8.48. The van der Waals surface area contributed by atoms with Crippen LogP contribution in [0.2, 0.25) is 10.0 Å². The van der Waals surface area contributed by atoms with E-state index < -0.39 is 34.4 Å². The van der Waals surface area contributed by atoms with Crippen molar-refractivity contribution in [3.05, 3.63) is 79.6 Å². The number of aromatic carboxylic acids is 2. The number of hydrogen-bond acceptors (Lipinski definition) is 5. The van der Waals surface area contributed by atoms with E-state index in [2.05, 4.69) is 0 Å². The minimum absolute atomic E-state index is 0.0893. The lowest BCUT2D eigenvalue weighted by Crippen LogP contribution is -2.24. The molecule has 0 aliphatic heterocycles. The number of carboxylic acid groups (broad SMARTS) is 2. The van der Waals surface area contributed by atoms with Crippen molar-refractivity contribution in [2.75, 3.05) is 5.73 Å². The molecule has 0 bridgehead atoms. The van der Waals surface area contributed by atoms with E-state index in [0.717, 1.165) is 5.56 Å². The van der Waals surface area contributed by atoms with E-state index in [1.807, 2.05) is 4.98 Å². The normalized spacial score (nSPS) is 10.6. The molecule has 5 N–H and O–H groups in total. The van der Waals surface area contributed by atoms with Crippen LogP contribution in [-0.4, -0.2) is 27.1 Å². The van der Waals surface area contributed by atoms with Gasteiger partial charge in [0, 0.05) is 10.6 Å². The molecule has 1 aromatic heterocycles. The van der Waals surface area contributed by atoms with Gasteiger partial charge in [0.2, 0.25) is 0 Å². The van der Waals surface area contributed by atoms with Gasteiger partial charge in [-0.2, -0.15) is 0 Å². The van der Waals surface area contributed by atoms with Gasteiger partial charge in [-0.15, -0.1) is 0 Å². The van der Waals surface area contributed by atoms with Crippen molar-refractivity contribution >= 4 is 41.0 Å². The summed E-state index contributed by atoms with van der Waals surface area (Å²) in [4.78, 5) is 37.4. The molecule has 0 unspecified atom stereocenters. The van der Waals surface area contributed by atoms with Crippen molar-refractivity contribution in [1.82, 2.24) is 4.98 Å². The van der Waals surface area contributed by atoms with Crippen LogP contribution >= 0.6 is 23.2 Å². The third kappa shape index (κ3) is 4.24. The molecule has 0 spiro atoms. The molecule has 0 radical (unpaired) electrons. The van der Waals surface area contributed by atoms with Crippen molar-refractivity contribution < 1.29 is 24.5 Å². The van der Waals surface area contributed by atoms with Gasteiger partial charge in [-0.25, -0.2) is 9.59 Å². The molecule has 2 aromatic carbocycles. The summed E-state index contributed by atoms with van der Waals surface area (Å²) in [6, 6.07) is 11.1. The lowest BCUT2D eigenvalue weighted by molar-refractivity contribution is 0.0695. The van der Waals surface area contributed by atoms with E-state index in [-0.39, 0.29) is 28.5 Å². The molecule has 0 aliphatic carbocycles. The highest BCUT2D eigenvalue weighted by atomic mass is 35.5. The Labute approximate surface area is 179 Å². The Morgan fingerprint density at radius 3 is 2.20 bits per heavy atom. The SMILES string of the molecule is Nc1[nH]c(=O)c(C(=O)O)c(-c2ccc(OCc3ccc(Cl)cc3)c(Cl)c2)c1C(=O)O. The fraction of sp³-hybridized carbons (Fsp3) is 0.0500. The van der Waals surface area contributed by atoms with E-state index in [4.69, 9.17) is 33.7 Å². The maximum absolute atomic E-state index is 12.1. The van der Waals surface area contributed by atoms with E-state index >= 15 is 0 Å². The second-order valence-corrected chi connectivity index (χ2v) is 7.01. The Kier molecular flexibility index (Phi) is 6.00. The van der Waals surface area contributed by atoms with Crippen molar-refractivity contribution in [1.29, 1.82) is 0 Å². The zero-order chi connectivity index (χ0) is 22.0. The maximum atomic E-state index is 12.1. The number of nitrogens with one attached hydrogen (secondary N) is 1. The molecule has 10 heteroatoms. The topological polar surface area (TPSA) is 143 Å². The summed E-state index contributed by atoms with van der Waals surface area (Å²) in [5.41, 5.74) is 3.88. The molecule has 3 aromatic rings. The molecule has 3 rings (SSSR count). The Hall–Kier alpha value is -3.49. The van der Waals surface area contributed by atoms with Gasteiger partial charge >= 0.3 is 11.9 Å². The highest BCUT2D eigenvalue weighted by Gasteiger charge is 2.27. The van der Waals surface area contributed by atoms with E-state index in [1.165, 1.54) is 18.2 Å². The largest absolute Gasteiger partial charge is 0.487 e. The highest BCUT2D eigenvalue weighted by Crippen LogP contribution is 2.35. The van der Waals surface area contributed by atoms with Crippen molar-refractivity contribution in [3.63, 3.8) is 0 Å². The molecule has 30 heavy (non-hydrogen) atoms. The Morgan fingerprint density at radius 1 is 1.00 bits per heavy atom. The molecule has 0 amide bonds. The Morgan fingerprint density at radius 2 is 1.63 bits per heavy atom. The number of H-pyrrole nitrogens is 1. The van der Waals surface area contributed by atoms with Gasteiger partial charge in [0.15, 0.2) is 0 Å². The average molecular weight is 449 g/mol. The first-order valence-corrected chi connectivity index (χ1v) is 9.14. The number of rotatable bonds is 6. The van der Waals surface area contributed by atoms with Crippen LogP contribution in [0.15, 0.2) is 47.3 Å². The summed E-state index contributed by atoms with van der Waals surface area (Å²) in [5.74, 6) is -3.29. The van der Waals surface area contributed by atoms with Crippen LogP contribution in [0.5, 0.6) is 5.75 Å². The standard InChI is InChI=1S/C20H14Cl2N2O6/c21-11-4-1-9(2-5-11)8-30-13-6-3-10(7-12(13)22)14-15(19(26)27)17(23)24-18(25)16(14)20(28)29/h1-7H,8H2,(H,26,27)(H,28,29)(H3,23,24,25). The number of ether oxygens (including phenoxy) is 1. The summed E-state index contributed by atoms with van der Waals surface area (Å²) in [7, 11) is 0. The first kappa shape index (κ1) is 21.2. The highest BCUT2D eigenvalue weighted by molar-refractivity contribution is 6.32. The van der Waals surface area contributed by atoms with Gasteiger partial charge in [-0.1, -0.05) is 41.4 Å². The zero-order valence-corrected chi connectivity index (χ0v) is 16.6. The van der Waals surface area contributed by atoms with Crippen LogP contribution in [0.3, 0.4) is 0 Å². The van der Waals surface area contributed by atoms with E-state index in [0.29, 0.717) is 5.02 Å². The van der Waals surface area contributed by atoms with Gasteiger partial charge in [0.05, 0.1) is 5.02 Å². The van der Waals surface area contributed by atoms with Crippen LogP contribution in [0.1, 0.15) is 26.3 Å². The third-order valence-electron chi connectivity index (χ3n) is 4.20. The zero-order valence-electron chi connectivity index (χ0n) is 15.1. The van der Waals surface area contributed by atoms with Gasteiger partial charge in [-0.05, 0) is 35.4 Å². The van der Waals surface area contributed by atoms with Crippen molar-refractivity contribution in [2.45, 2.75) is 6.61 Å². The van der Waals surface area contributed by atoms with Crippen LogP contribution in [0.4, 0.5) is 5.82 Å². The lowest BCUT2D eigenvalue weighted by atomic mass is 9.95. The number of halogens is 2. The number of nitrogens with two attached hydrogens (primary N) is 1. The predicted octanol–water partition coefficient (Wildman–Crippen LogP) is 3.91. The molecule has 154 valence electrons. The van der Waals surface area contributed by atoms with E-state index in [9.17, 15) is 24.6 Å². The maximum Gasteiger partial charge on any atom is 0.342 e. The van der Waals surface area contributed by atoms with Gasteiger partial charge in [0.25, 0.3) is 5.56 Å².